The molecule has 0 saturated carbocycles. The van der Waals surface area contributed by atoms with Gasteiger partial charge in [-0.1, -0.05) is 5.16 Å². The van der Waals surface area contributed by atoms with Crippen LogP contribution in [-0.2, 0) is 19.2 Å². The molecule has 0 aliphatic rings. The largest absolute Gasteiger partial charge is 0.476 e. The molecular formula is C10H13N3O5S. The lowest BCUT2D eigenvalue weighted by atomic mass is 10.3. The molecule has 0 aromatic carbocycles. The quantitative estimate of drug-likeness (QED) is 0.443. The summed E-state index contributed by atoms with van der Waals surface area (Å²) < 4.78 is 4.69. The molecule has 0 bridgehead atoms. The van der Waals surface area contributed by atoms with E-state index in [0.29, 0.717) is 0 Å². The lowest BCUT2D eigenvalue weighted by Gasteiger charge is -2.08. The van der Waals surface area contributed by atoms with Crippen molar-refractivity contribution in [3.05, 3.63) is 11.1 Å². The van der Waals surface area contributed by atoms with E-state index in [2.05, 4.69) is 10.1 Å². The average molecular weight is 287 g/mol. The summed E-state index contributed by atoms with van der Waals surface area (Å²) in [5, 5.41) is 14.0. The van der Waals surface area contributed by atoms with E-state index in [-0.39, 0.29) is 17.4 Å². The van der Waals surface area contributed by atoms with Crippen LogP contribution < -0.4 is 5.73 Å². The number of nitrogens with two attached hydrogens (primary N) is 1. The number of carbonyl (C=O) groups excluding carboxylic acids is 1. The van der Waals surface area contributed by atoms with Gasteiger partial charge in [-0.3, -0.25) is 0 Å². The smallest absolute Gasteiger partial charge is 0.360 e. The van der Waals surface area contributed by atoms with Crippen molar-refractivity contribution in [2.45, 2.75) is 20.0 Å². The third-order valence-electron chi connectivity index (χ3n) is 1.89. The maximum absolute atomic E-state index is 11.3. The van der Waals surface area contributed by atoms with Crippen LogP contribution in [0.5, 0.6) is 0 Å². The summed E-state index contributed by atoms with van der Waals surface area (Å²) in [4.78, 5) is 30.9. The van der Waals surface area contributed by atoms with Gasteiger partial charge in [-0.15, -0.1) is 11.3 Å². The average Bonchev–Trinajstić information content (AvgIpc) is 2.75. The Morgan fingerprint density at radius 3 is 2.79 bits per heavy atom. The molecule has 8 nitrogen and oxygen atoms in total. The fraction of sp³-hybridized carbons (Fsp3) is 0.400. The maximum atomic E-state index is 11.3. The van der Waals surface area contributed by atoms with Crippen molar-refractivity contribution in [1.29, 1.82) is 0 Å². The number of hydrogen-bond acceptors (Lipinski definition) is 8. The Hall–Kier alpha value is -2.16. The molecule has 19 heavy (non-hydrogen) atoms. The SMILES string of the molecule is CCOC(=O)C(C)ON=C(C(=O)O)c1csc(N)n1. The third-order valence-corrected chi connectivity index (χ3v) is 2.56. The molecule has 1 unspecified atom stereocenters. The highest BCUT2D eigenvalue weighted by Gasteiger charge is 2.20. The molecule has 1 heterocycles. The number of carbonyl (C=O) groups is 2. The molecule has 0 saturated heterocycles. The number of hydrogen-bond donors (Lipinski definition) is 2. The zero-order valence-electron chi connectivity index (χ0n) is 10.3. The van der Waals surface area contributed by atoms with Crippen molar-refractivity contribution in [2.24, 2.45) is 5.16 Å². The Kier molecular flexibility index (Phi) is 5.24. The molecule has 1 rings (SSSR count). The van der Waals surface area contributed by atoms with Gasteiger partial charge in [-0.05, 0) is 13.8 Å². The van der Waals surface area contributed by atoms with Gasteiger partial charge in [0.05, 0.1) is 6.61 Å². The predicted octanol–water partition coefficient (Wildman–Crippen LogP) is 0.482. The van der Waals surface area contributed by atoms with Crippen LogP contribution in [0.3, 0.4) is 0 Å². The van der Waals surface area contributed by atoms with Crippen LogP contribution in [0.2, 0.25) is 0 Å². The van der Waals surface area contributed by atoms with Gasteiger partial charge < -0.3 is 20.4 Å². The second-order valence-corrected chi connectivity index (χ2v) is 4.21. The van der Waals surface area contributed by atoms with Gasteiger partial charge in [0.2, 0.25) is 11.8 Å². The van der Waals surface area contributed by atoms with E-state index < -0.39 is 23.8 Å². The second-order valence-electron chi connectivity index (χ2n) is 3.32. The minimum Gasteiger partial charge on any atom is -0.476 e. The first-order valence-electron chi connectivity index (χ1n) is 5.30. The number of rotatable bonds is 6. The van der Waals surface area contributed by atoms with Gasteiger partial charge in [0, 0.05) is 5.38 Å². The zero-order valence-corrected chi connectivity index (χ0v) is 11.1. The fourth-order valence-electron chi connectivity index (χ4n) is 1.03. The van der Waals surface area contributed by atoms with Crippen LogP contribution >= 0.6 is 11.3 Å². The van der Waals surface area contributed by atoms with E-state index in [9.17, 15) is 9.59 Å². The van der Waals surface area contributed by atoms with Crippen molar-refractivity contribution >= 4 is 34.1 Å². The van der Waals surface area contributed by atoms with Crippen LogP contribution in [-0.4, -0.2) is 40.5 Å². The van der Waals surface area contributed by atoms with Crippen molar-refractivity contribution in [3.63, 3.8) is 0 Å². The van der Waals surface area contributed by atoms with E-state index in [1.54, 1.807) is 6.92 Å². The summed E-state index contributed by atoms with van der Waals surface area (Å²) >= 11 is 1.07. The Balaban J connectivity index is 2.80. The highest BCUT2D eigenvalue weighted by atomic mass is 32.1. The van der Waals surface area contributed by atoms with Crippen LogP contribution in [0.15, 0.2) is 10.5 Å². The molecule has 3 N–H and O–H groups in total. The number of aliphatic carboxylic acids is 1. The molecule has 1 atom stereocenters. The van der Waals surface area contributed by atoms with E-state index in [0.717, 1.165) is 11.3 Å². The summed E-state index contributed by atoms with van der Waals surface area (Å²) in [6.45, 7) is 3.25. The molecule has 9 heteroatoms. The van der Waals surface area contributed by atoms with Gasteiger partial charge in [-0.25, -0.2) is 14.6 Å². The van der Waals surface area contributed by atoms with E-state index in [1.165, 1.54) is 12.3 Å². The molecule has 0 amide bonds. The van der Waals surface area contributed by atoms with Crippen LogP contribution in [0.4, 0.5) is 5.13 Å². The molecule has 0 aliphatic carbocycles. The summed E-state index contributed by atoms with van der Waals surface area (Å²) in [5.41, 5.74) is 5.05. The second kappa shape index (κ2) is 6.69. The number of anilines is 1. The molecule has 0 aliphatic heterocycles. The van der Waals surface area contributed by atoms with Crippen LogP contribution in [0.25, 0.3) is 0 Å². The number of thiazole rings is 1. The maximum Gasteiger partial charge on any atom is 0.360 e. The number of nitrogens with zero attached hydrogens (tertiary/aromatic N) is 2. The first-order valence-corrected chi connectivity index (χ1v) is 6.18. The van der Waals surface area contributed by atoms with Gasteiger partial charge >= 0.3 is 11.9 Å². The summed E-state index contributed by atoms with van der Waals surface area (Å²) in [5.74, 6) is -1.96. The van der Waals surface area contributed by atoms with Gasteiger partial charge in [0.1, 0.15) is 5.69 Å². The minimum atomic E-state index is -1.33. The summed E-state index contributed by atoms with van der Waals surface area (Å²) in [6.07, 6.45) is -1.01. The van der Waals surface area contributed by atoms with E-state index in [1.807, 2.05) is 0 Å². The number of ether oxygens (including phenoxy) is 1. The molecule has 1 aromatic heterocycles. The standard InChI is InChI=1S/C10H13N3O5S/c1-3-17-9(16)5(2)18-13-7(8(14)15)6-4-19-10(11)12-6/h4-5H,3H2,1-2H3,(H2,11,12)(H,14,15). The minimum absolute atomic E-state index is 0.0751. The van der Waals surface area contributed by atoms with E-state index >= 15 is 0 Å². The molecule has 0 radical (unpaired) electrons. The van der Waals surface area contributed by atoms with Gasteiger partial charge in [0.25, 0.3) is 0 Å². The Morgan fingerprint density at radius 2 is 2.32 bits per heavy atom. The molecule has 0 fully saturated rings. The predicted molar refractivity (Wildman–Crippen MR) is 67.9 cm³/mol. The van der Waals surface area contributed by atoms with Crippen LogP contribution in [0, 0.1) is 0 Å². The monoisotopic (exact) mass is 287 g/mol. The first-order chi connectivity index (χ1) is 8.95. The zero-order chi connectivity index (χ0) is 14.4. The number of carboxylic acid groups (broad SMARTS) is 1. The van der Waals surface area contributed by atoms with Crippen molar-refractivity contribution in [3.8, 4) is 0 Å². The number of nitrogen functional groups attached to an aromatic ring is 1. The lowest BCUT2D eigenvalue weighted by Crippen LogP contribution is -2.23. The molecule has 0 spiro atoms. The van der Waals surface area contributed by atoms with Gasteiger partial charge in [-0.2, -0.15) is 0 Å². The Labute approximate surface area is 112 Å². The number of esters is 1. The topological polar surface area (TPSA) is 124 Å². The Bertz CT molecular complexity index is 499. The highest BCUT2D eigenvalue weighted by Crippen LogP contribution is 2.12. The number of carboxylic acids is 1. The van der Waals surface area contributed by atoms with Crippen molar-refractivity contribution < 1.29 is 24.3 Å². The summed E-state index contributed by atoms with van der Waals surface area (Å²) in [7, 11) is 0. The lowest BCUT2D eigenvalue weighted by molar-refractivity contribution is -0.155. The number of aromatic nitrogens is 1. The first kappa shape index (κ1) is 14.9. The highest BCUT2D eigenvalue weighted by molar-refractivity contribution is 7.13. The Morgan fingerprint density at radius 1 is 1.63 bits per heavy atom. The normalized spacial score (nSPS) is 12.8. The fourth-order valence-corrected chi connectivity index (χ4v) is 1.57. The van der Waals surface area contributed by atoms with E-state index in [4.69, 9.17) is 20.4 Å². The number of oxime groups is 1. The third kappa shape index (κ3) is 4.21. The van der Waals surface area contributed by atoms with Gasteiger partial charge in [0.15, 0.2) is 5.13 Å². The molecule has 1 aromatic rings. The molecule has 104 valence electrons. The summed E-state index contributed by atoms with van der Waals surface area (Å²) in [6, 6.07) is 0. The molecular weight excluding hydrogens is 274 g/mol. The van der Waals surface area contributed by atoms with Crippen LogP contribution in [0.1, 0.15) is 19.5 Å². The van der Waals surface area contributed by atoms with Crippen molar-refractivity contribution in [1.82, 2.24) is 4.98 Å². The van der Waals surface area contributed by atoms with Crippen molar-refractivity contribution in [2.75, 3.05) is 12.3 Å².